The summed E-state index contributed by atoms with van der Waals surface area (Å²) >= 11 is 0. The van der Waals surface area contributed by atoms with Crippen molar-refractivity contribution in [2.24, 2.45) is 0 Å². The van der Waals surface area contributed by atoms with E-state index in [1.807, 2.05) is 12.1 Å². The van der Waals surface area contributed by atoms with Crippen molar-refractivity contribution >= 4 is 5.91 Å². The molecule has 0 unspecified atom stereocenters. The van der Waals surface area contributed by atoms with Crippen LogP contribution in [0.5, 0.6) is 5.75 Å². The van der Waals surface area contributed by atoms with Crippen molar-refractivity contribution in [2.45, 2.75) is 12.7 Å². The lowest BCUT2D eigenvalue weighted by molar-refractivity contribution is -0.137. The molecule has 0 aliphatic heterocycles. The average molecular weight is 419 g/mol. The van der Waals surface area contributed by atoms with Gasteiger partial charge in [0.25, 0.3) is 5.91 Å². The molecular weight excluding hydrogens is 399 g/mol. The topological polar surface area (TPSA) is 60.7 Å². The van der Waals surface area contributed by atoms with Crippen molar-refractivity contribution in [3.05, 3.63) is 77.6 Å². The molecule has 0 fully saturated rings. The van der Waals surface area contributed by atoms with Crippen LogP contribution in [0.3, 0.4) is 0 Å². The maximum absolute atomic E-state index is 12.9. The van der Waals surface area contributed by atoms with Gasteiger partial charge < -0.3 is 19.2 Å². The molecule has 1 heterocycles. The van der Waals surface area contributed by atoms with Crippen LogP contribution in [0.1, 0.15) is 21.7 Å². The first-order chi connectivity index (χ1) is 14.4. The summed E-state index contributed by atoms with van der Waals surface area (Å²) in [4.78, 5) is 12.4. The molecule has 0 spiro atoms. The van der Waals surface area contributed by atoms with Gasteiger partial charge >= 0.3 is 6.18 Å². The van der Waals surface area contributed by atoms with Gasteiger partial charge in [-0.25, -0.2) is 0 Å². The molecule has 158 valence electrons. The van der Waals surface area contributed by atoms with Crippen molar-refractivity contribution in [1.29, 1.82) is 0 Å². The third-order valence-electron chi connectivity index (χ3n) is 4.21. The van der Waals surface area contributed by atoms with Gasteiger partial charge in [0, 0.05) is 19.2 Å². The molecule has 1 amide bonds. The number of carbonyl (C=O) groups is 1. The maximum Gasteiger partial charge on any atom is 0.416 e. The van der Waals surface area contributed by atoms with Crippen molar-refractivity contribution < 1.29 is 31.9 Å². The summed E-state index contributed by atoms with van der Waals surface area (Å²) in [5, 5.41) is 2.72. The molecule has 3 rings (SSSR count). The Morgan fingerprint density at radius 2 is 1.83 bits per heavy atom. The van der Waals surface area contributed by atoms with E-state index in [0.29, 0.717) is 19.0 Å². The van der Waals surface area contributed by atoms with Gasteiger partial charge in [0.05, 0.1) is 12.2 Å². The molecule has 0 bridgehead atoms. The highest BCUT2D eigenvalue weighted by atomic mass is 19.4. The highest BCUT2D eigenvalue weighted by molar-refractivity contribution is 5.92. The van der Waals surface area contributed by atoms with Gasteiger partial charge in [0.15, 0.2) is 5.76 Å². The fourth-order valence-corrected chi connectivity index (χ4v) is 2.72. The van der Waals surface area contributed by atoms with Crippen LogP contribution < -0.4 is 10.1 Å². The SMILES string of the molecule is COCCOc1cccc(CNC(=O)c2ccc(-c3cccc(C(F)(F)F)c3)o2)c1. The van der Waals surface area contributed by atoms with E-state index in [1.165, 1.54) is 24.3 Å². The third kappa shape index (κ3) is 5.64. The Morgan fingerprint density at radius 1 is 1.03 bits per heavy atom. The Kier molecular flexibility index (Phi) is 6.79. The molecule has 0 radical (unpaired) electrons. The molecule has 0 aliphatic rings. The number of hydrogen-bond donors (Lipinski definition) is 1. The van der Waals surface area contributed by atoms with Gasteiger partial charge in [-0.3, -0.25) is 4.79 Å². The number of halogens is 3. The highest BCUT2D eigenvalue weighted by Gasteiger charge is 2.30. The van der Waals surface area contributed by atoms with Crippen LogP contribution >= 0.6 is 0 Å². The Morgan fingerprint density at radius 3 is 2.60 bits per heavy atom. The van der Waals surface area contributed by atoms with E-state index >= 15 is 0 Å². The van der Waals surface area contributed by atoms with Crippen LogP contribution in [0.2, 0.25) is 0 Å². The first-order valence-corrected chi connectivity index (χ1v) is 9.13. The molecule has 0 aliphatic carbocycles. The first kappa shape index (κ1) is 21.4. The van der Waals surface area contributed by atoms with Gasteiger partial charge in [-0.2, -0.15) is 13.2 Å². The molecule has 8 heteroatoms. The molecule has 30 heavy (non-hydrogen) atoms. The number of alkyl halides is 3. The Balaban J connectivity index is 1.63. The van der Waals surface area contributed by atoms with Crippen LogP contribution in [-0.4, -0.2) is 26.2 Å². The summed E-state index contributed by atoms with van der Waals surface area (Å²) in [7, 11) is 1.59. The molecule has 1 N–H and O–H groups in total. The predicted octanol–water partition coefficient (Wildman–Crippen LogP) is 4.92. The minimum atomic E-state index is -4.45. The number of benzene rings is 2. The zero-order chi connectivity index (χ0) is 21.6. The van der Waals surface area contributed by atoms with Crippen LogP contribution in [0, 0.1) is 0 Å². The summed E-state index contributed by atoms with van der Waals surface area (Å²) in [6, 6.07) is 14.9. The fraction of sp³-hybridized carbons (Fsp3) is 0.227. The Labute approximate surface area is 171 Å². The molecule has 0 saturated heterocycles. The zero-order valence-electron chi connectivity index (χ0n) is 16.2. The number of nitrogens with one attached hydrogen (secondary N) is 1. The molecule has 0 atom stereocenters. The number of furan rings is 1. The minimum absolute atomic E-state index is 0.00918. The number of amides is 1. The second-order valence-electron chi connectivity index (χ2n) is 6.41. The average Bonchev–Trinajstić information content (AvgIpc) is 3.22. The van der Waals surface area contributed by atoms with E-state index in [9.17, 15) is 18.0 Å². The Hall–Kier alpha value is -3.26. The number of rotatable bonds is 8. The largest absolute Gasteiger partial charge is 0.491 e. The molecular formula is C22H20F3NO4. The molecule has 0 saturated carbocycles. The summed E-state index contributed by atoms with van der Waals surface area (Å²) in [6.45, 7) is 1.12. The van der Waals surface area contributed by atoms with Crippen molar-refractivity contribution in [3.63, 3.8) is 0 Å². The third-order valence-corrected chi connectivity index (χ3v) is 4.21. The monoisotopic (exact) mass is 419 g/mol. The van der Waals surface area contributed by atoms with Crippen LogP contribution in [-0.2, 0) is 17.5 Å². The van der Waals surface area contributed by atoms with Gasteiger partial charge in [-0.1, -0.05) is 24.3 Å². The lowest BCUT2D eigenvalue weighted by Gasteiger charge is -2.08. The second kappa shape index (κ2) is 9.49. The van der Waals surface area contributed by atoms with Crippen LogP contribution in [0.15, 0.2) is 65.1 Å². The summed E-state index contributed by atoms with van der Waals surface area (Å²) in [5.74, 6) is 0.372. The van der Waals surface area contributed by atoms with E-state index in [-0.39, 0.29) is 23.6 Å². The quantitative estimate of drug-likeness (QED) is 0.527. The van der Waals surface area contributed by atoms with Gasteiger partial charge in [-0.05, 0) is 42.0 Å². The van der Waals surface area contributed by atoms with E-state index in [2.05, 4.69) is 5.32 Å². The van der Waals surface area contributed by atoms with E-state index in [4.69, 9.17) is 13.9 Å². The number of ether oxygens (including phenoxy) is 2. The number of hydrogen-bond acceptors (Lipinski definition) is 4. The summed E-state index contributed by atoms with van der Waals surface area (Å²) in [6.07, 6.45) is -4.45. The van der Waals surface area contributed by atoms with Crippen molar-refractivity contribution in [2.75, 3.05) is 20.3 Å². The number of carbonyl (C=O) groups excluding carboxylic acids is 1. The second-order valence-corrected chi connectivity index (χ2v) is 6.41. The Bertz CT molecular complexity index is 998. The molecule has 3 aromatic rings. The first-order valence-electron chi connectivity index (χ1n) is 9.13. The van der Waals surface area contributed by atoms with Gasteiger partial charge in [0.1, 0.15) is 18.1 Å². The van der Waals surface area contributed by atoms with E-state index in [0.717, 1.165) is 17.7 Å². The summed E-state index contributed by atoms with van der Waals surface area (Å²) in [5.41, 5.74) is 0.280. The summed E-state index contributed by atoms with van der Waals surface area (Å²) < 4.78 is 54.6. The lowest BCUT2D eigenvalue weighted by Crippen LogP contribution is -2.22. The van der Waals surface area contributed by atoms with Crippen LogP contribution in [0.25, 0.3) is 11.3 Å². The zero-order valence-corrected chi connectivity index (χ0v) is 16.2. The maximum atomic E-state index is 12.9. The lowest BCUT2D eigenvalue weighted by atomic mass is 10.1. The fourth-order valence-electron chi connectivity index (χ4n) is 2.72. The predicted molar refractivity (Wildman–Crippen MR) is 104 cm³/mol. The molecule has 1 aromatic heterocycles. The standard InChI is InChI=1S/C22H20F3NO4/c1-28-10-11-29-18-7-2-4-15(12-18)14-26-21(27)20-9-8-19(30-20)16-5-3-6-17(13-16)22(23,24)25/h2-9,12-13H,10-11,14H2,1H3,(H,26,27). The molecule has 2 aromatic carbocycles. The minimum Gasteiger partial charge on any atom is -0.491 e. The van der Waals surface area contributed by atoms with Gasteiger partial charge in [0.2, 0.25) is 0 Å². The smallest absolute Gasteiger partial charge is 0.416 e. The van der Waals surface area contributed by atoms with Gasteiger partial charge in [-0.15, -0.1) is 0 Å². The molecule has 5 nitrogen and oxygen atoms in total. The number of methoxy groups -OCH3 is 1. The van der Waals surface area contributed by atoms with Crippen molar-refractivity contribution in [3.8, 4) is 17.1 Å². The van der Waals surface area contributed by atoms with Crippen LogP contribution in [0.4, 0.5) is 13.2 Å². The van der Waals surface area contributed by atoms with Crippen molar-refractivity contribution in [1.82, 2.24) is 5.32 Å². The van der Waals surface area contributed by atoms with E-state index < -0.39 is 17.6 Å². The normalized spacial score (nSPS) is 11.3. The highest BCUT2D eigenvalue weighted by Crippen LogP contribution is 2.32. The van der Waals surface area contributed by atoms with E-state index in [1.54, 1.807) is 19.2 Å².